The molecule has 1 heterocycles. The smallest absolute Gasteiger partial charge is 0.0643 e. The Morgan fingerprint density at radius 3 is 2.57 bits per heavy atom. The van der Waals surface area contributed by atoms with E-state index < -0.39 is 0 Å². The highest BCUT2D eigenvalue weighted by atomic mass is 16.5. The lowest BCUT2D eigenvalue weighted by atomic mass is 10.2. The van der Waals surface area contributed by atoms with Gasteiger partial charge in [0, 0.05) is 19.1 Å². The van der Waals surface area contributed by atoms with E-state index in [1.165, 1.54) is 32.2 Å². The van der Waals surface area contributed by atoms with Gasteiger partial charge in [-0.25, -0.2) is 0 Å². The molecule has 1 aliphatic carbocycles. The third-order valence-corrected chi connectivity index (χ3v) is 3.48. The lowest BCUT2D eigenvalue weighted by Gasteiger charge is -2.29. The minimum absolute atomic E-state index is 0.631. The van der Waals surface area contributed by atoms with E-state index in [4.69, 9.17) is 4.74 Å². The normalized spacial score (nSPS) is 24.4. The van der Waals surface area contributed by atoms with Crippen molar-refractivity contribution in [2.75, 3.05) is 33.4 Å². The van der Waals surface area contributed by atoms with E-state index in [1.54, 1.807) is 0 Å². The highest BCUT2D eigenvalue weighted by molar-refractivity contribution is 4.77. The Kier molecular flexibility index (Phi) is 3.79. The van der Waals surface area contributed by atoms with Crippen molar-refractivity contribution in [2.45, 2.75) is 37.8 Å². The van der Waals surface area contributed by atoms with Crippen LogP contribution in [0.1, 0.15) is 25.7 Å². The summed E-state index contributed by atoms with van der Waals surface area (Å²) in [5.41, 5.74) is 0. The second kappa shape index (κ2) is 5.10. The average molecular weight is 198 g/mol. The molecular weight excluding hydrogens is 176 g/mol. The van der Waals surface area contributed by atoms with E-state index in [0.29, 0.717) is 6.04 Å². The summed E-state index contributed by atoms with van der Waals surface area (Å²) in [6.07, 6.45) is 5.67. The van der Waals surface area contributed by atoms with Crippen molar-refractivity contribution in [3.8, 4) is 0 Å². The van der Waals surface area contributed by atoms with Crippen molar-refractivity contribution in [2.24, 2.45) is 0 Å². The molecule has 0 aromatic carbocycles. The van der Waals surface area contributed by atoms with Crippen LogP contribution in [0, 0.1) is 0 Å². The standard InChI is InChI=1S/C11H22N2O/c1-13(11-4-2-3-5-11)7-6-12-10-8-14-9-10/h10-12H,2-9H2,1H3. The number of rotatable bonds is 5. The number of hydrogen-bond donors (Lipinski definition) is 1. The van der Waals surface area contributed by atoms with Gasteiger partial charge in [0.25, 0.3) is 0 Å². The maximum absolute atomic E-state index is 5.12. The van der Waals surface area contributed by atoms with Crippen LogP contribution < -0.4 is 5.32 Å². The van der Waals surface area contributed by atoms with E-state index >= 15 is 0 Å². The second-order valence-electron chi connectivity index (χ2n) is 4.61. The lowest BCUT2D eigenvalue weighted by Crippen LogP contribution is -2.48. The molecule has 0 bridgehead atoms. The monoisotopic (exact) mass is 198 g/mol. The van der Waals surface area contributed by atoms with Crippen molar-refractivity contribution >= 4 is 0 Å². The minimum Gasteiger partial charge on any atom is -0.378 e. The molecule has 1 saturated carbocycles. The zero-order valence-electron chi connectivity index (χ0n) is 9.17. The van der Waals surface area contributed by atoms with Crippen LogP contribution in [0.4, 0.5) is 0 Å². The summed E-state index contributed by atoms with van der Waals surface area (Å²) in [7, 11) is 2.26. The first-order valence-corrected chi connectivity index (χ1v) is 5.87. The zero-order valence-corrected chi connectivity index (χ0v) is 9.17. The van der Waals surface area contributed by atoms with Crippen LogP contribution >= 0.6 is 0 Å². The largest absolute Gasteiger partial charge is 0.378 e. The van der Waals surface area contributed by atoms with Gasteiger partial charge in [-0.3, -0.25) is 0 Å². The molecule has 2 aliphatic rings. The van der Waals surface area contributed by atoms with Crippen molar-refractivity contribution in [3.63, 3.8) is 0 Å². The molecule has 0 aromatic rings. The summed E-state index contributed by atoms with van der Waals surface area (Å²) >= 11 is 0. The summed E-state index contributed by atoms with van der Waals surface area (Å²) in [4.78, 5) is 2.51. The molecule has 3 nitrogen and oxygen atoms in total. The van der Waals surface area contributed by atoms with E-state index in [-0.39, 0.29) is 0 Å². The van der Waals surface area contributed by atoms with Crippen molar-refractivity contribution < 1.29 is 4.74 Å². The fourth-order valence-electron chi connectivity index (χ4n) is 2.33. The van der Waals surface area contributed by atoms with Gasteiger partial charge in [0.2, 0.25) is 0 Å². The predicted octanol–water partition coefficient (Wildman–Crippen LogP) is 0.849. The van der Waals surface area contributed by atoms with E-state index in [0.717, 1.165) is 25.8 Å². The number of ether oxygens (including phenoxy) is 1. The highest BCUT2D eigenvalue weighted by Gasteiger charge is 2.20. The lowest BCUT2D eigenvalue weighted by molar-refractivity contribution is -0.00579. The van der Waals surface area contributed by atoms with Gasteiger partial charge in [0.1, 0.15) is 0 Å². The molecule has 0 aromatic heterocycles. The molecule has 2 rings (SSSR count). The van der Waals surface area contributed by atoms with Gasteiger partial charge >= 0.3 is 0 Å². The van der Waals surface area contributed by atoms with Crippen LogP contribution in [0.25, 0.3) is 0 Å². The van der Waals surface area contributed by atoms with Crippen LogP contribution in [0.2, 0.25) is 0 Å². The Hall–Kier alpha value is -0.120. The van der Waals surface area contributed by atoms with Crippen LogP contribution in [0.3, 0.4) is 0 Å². The van der Waals surface area contributed by atoms with Gasteiger partial charge in [0.05, 0.1) is 19.3 Å². The van der Waals surface area contributed by atoms with Crippen LogP contribution in [-0.4, -0.2) is 50.3 Å². The summed E-state index contributed by atoms with van der Waals surface area (Å²) in [6, 6.07) is 1.49. The fraction of sp³-hybridized carbons (Fsp3) is 1.00. The Labute approximate surface area is 86.8 Å². The first-order chi connectivity index (χ1) is 6.86. The number of nitrogens with zero attached hydrogens (tertiary/aromatic N) is 1. The molecule has 14 heavy (non-hydrogen) atoms. The molecule has 2 fully saturated rings. The minimum atomic E-state index is 0.631. The average Bonchev–Trinajstić information content (AvgIpc) is 2.61. The third-order valence-electron chi connectivity index (χ3n) is 3.48. The molecule has 1 N–H and O–H groups in total. The predicted molar refractivity (Wildman–Crippen MR) is 57.5 cm³/mol. The van der Waals surface area contributed by atoms with Gasteiger partial charge in [0.15, 0.2) is 0 Å². The molecule has 82 valence electrons. The van der Waals surface area contributed by atoms with Crippen molar-refractivity contribution in [1.82, 2.24) is 10.2 Å². The summed E-state index contributed by atoms with van der Waals surface area (Å²) in [5.74, 6) is 0. The first kappa shape index (κ1) is 10.4. The summed E-state index contributed by atoms with van der Waals surface area (Å²) < 4.78 is 5.12. The maximum Gasteiger partial charge on any atom is 0.0643 e. The van der Waals surface area contributed by atoms with Crippen molar-refractivity contribution in [3.05, 3.63) is 0 Å². The molecule has 3 heteroatoms. The maximum atomic E-state index is 5.12. The quantitative estimate of drug-likeness (QED) is 0.709. The Balaban J connectivity index is 1.54. The zero-order chi connectivity index (χ0) is 9.80. The Morgan fingerprint density at radius 2 is 2.00 bits per heavy atom. The first-order valence-electron chi connectivity index (χ1n) is 5.87. The van der Waals surface area contributed by atoms with E-state index in [1.807, 2.05) is 0 Å². The van der Waals surface area contributed by atoms with E-state index in [9.17, 15) is 0 Å². The van der Waals surface area contributed by atoms with Gasteiger partial charge in [-0.15, -0.1) is 0 Å². The fourth-order valence-corrected chi connectivity index (χ4v) is 2.33. The van der Waals surface area contributed by atoms with Gasteiger partial charge in [-0.1, -0.05) is 12.8 Å². The van der Waals surface area contributed by atoms with Gasteiger partial charge < -0.3 is 15.0 Å². The molecule has 1 saturated heterocycles. The molecule has 0 radical (unpaired) electrons. The molecule has 0 amide bonds. The van der Waals surface area contributed by atoms with Gasteiger partial charge in [-0.05, 0) is 19.9 Å². The van der Waals surface area contributed by atoms with Crippen LogP contribution in [0.15, 0.2) is 0 Å². The molecule has 0 atom stereocenters. The van der Waals surface area contributed by atoms with E-state index in [2.05, 4.69) is 17.3 Å². The number of hydrogen-bond acceptors (Lipinski definition) is 3. The SMILES string of the molecule is CN(CCNC1COC1)C1CCCC1. The number of likely N-dealkylation sites (N-methyl/N-ethyl adjacent to an activating group) is 1. The Bertz CT molecular complexity index is 165. The molecule has 0 unspecified atom stereocenters. The number of nitrogens with one attached hydrogen (secondary N) is 1. The molecule has 0 spiro atoms. The van der Waals surface area contributed by atoms with Crippen LogP contribution in [-0.2, 0) is 4.74 Å². The van der Waals surface area contributed by atoms with Gasteiger partial charge in [-0.2, -0.15) is 0 Å². The Morgan fingerprint density at radius 1 is 1.29 bits per heavy atom. The summed E-state index contributed by atoms with van der Waals surface area (Å²) in [6.45, 7) is 4.11. The topological polar surface area (TPSA) is 24.5 Å². The second-order valence-corrected chi connectivity index (χ2v) is 4.61. The van der Waals surface area contributed by atoms with Crippen molar-refractivity contribution in [1.29, 1.82) is 0 Å². The summed E-state index contributed by atoms with van der Waals surface area (Å²) in [5, 5.41) is 3.51. The molecule has 1 aliphatic heterocycles. The highest BCUT2D eigenvalue weighted by Crippen LogP contribution is 2.21. The molecular formula is C11H22N2O. The third kappa shape index (κ3) is 2.69. The van der Waals surface area contributed by atoms with Crippen LogP contribution in [0.5, 0.6) is 0 Å².